The molecule has 2 amide bonds. The van der Waals surface area contributed by atoms with E-state index in [0.29, 0.717) is 29.9 Å². The van der Waals surface area contributed by atoms with Crippen LogP contribution in [0.15, 0.2) is 97.1 Å². The summed E-state index contributed by atoms with van der Waals surface area (Å²) < 4.78 is 5.57. The number of piperazine rings is 1. The van der Waals surface area contributed by atoms with Crippen LogP contribution in [-0.2, 0) is 0 Å². The molecule has 5 rings (SSSR count). The maximum Gasteiger partial charge on any atom is 0.256 e. The number of amides is 2. The Labute approximate surface area is 248 Å². The van der Waals surface area contributed by atoms with Gasteiger partial charge in [-0.3, -0.25) is 9.59 Å². The molecule has 0 spiro atoms. The molecule has 0 saturated carbocycles. The monoisotopic (exact) mass is 562 g/mol. The lowest BCUT2D eigenvalue weighted by molar-refractivity contribution is 0.0773. The Morgan fingerprint density at radius 1 is 0.738 bits per heavy atom. The predicted molar refractivity (Wildman–Crippen MR) is 171 cm³/mol. The highest BCUT2D eigenvalue weighted by Crippen LogP contribution is 2.31. The Morgan fingerprint density at radius 2 is 1.33 bits per heavy atom. The molecule has 4 aromatic rings. The van der Waals surface area contributed by atoms with E-state index >= 15 is 0 Å². The first-order chi connectivity index (χ1) is 20.5. The molecule has 0 atom stereocenters. The first-order valence-electron chi connectivity index (χ1n) is 14.6. The van der Waals surface area contributed by atoms with Gasteiger partial charge in [-0.15, -0.1) is 0 Å². The molecule has 0 unspecified atom stereocenters. The van der Waals surface area contributed by atoms with E-state index in [9.17, 15) is 9.59 Å². The number of benzene rings is 4. The molecule has 1 aliphatic rings. The van der Waals surface area contributed by atoms with E-state index in [4.69, 9.17) is 4.74 Å². The summed E-state index contributed by atoms with van der Waals surface area (Å²) in [6.07, 6.45) is 0. The van der Waals surface area contributed by atoms with E-state index in [0.717, 1.165) is 54.4 Å². The maximum absolute atomic E-state index is 13.7. The lowest BCUT2D eigenvalue weighted by Crippen LogP contribution is -2.47. The first-order valence-corrected chi connectivity index (χ1v) is 14.6. The lowest BCUT2D eigenvalue weighted by Gasteiger charge is -2.38. The van der Waals surface area contributed by atoms with Crippen molar-refractivity contribution in [2.75, 3.05) is 61.5 Å². The number of ether oxygens (including phenoxy) is 1. The van der Waals surface area contributed by atoms with Crippen LogP contribution >= 0.6 is 0 Å². The lowest BCUT2D eigenvalue weighted by atomic mass is 10.0. The van der Waals surface area contributed by atoms with Crippen molar-refractivity contribution in [2.24, 2.45) is 0 Å². The van der Waals surface area contributed by atoms with Gasteiger partial charge in [0.2, 0.25) is 0 Å². The van der Waals surface area contributed by atoms with Crippen LogP contribution in [0.5, 0.6) is 5.75 Å². The number of carbonyl (C=O) groups excluding carboxylic acids is 2. The Hall–Kier alpha value is -4.78. The Morgan fingerprint density at radius 3 is 1.98 bits per heavy atom. The minimum atomic E-state index is -0.214. The van der Waals surface area contributed by atoms with Crippen molar-refractivity contribution in [3.8, 4) is 16.9 Å². The van der Waals surface area contributed by atoms with Crippen LogP contribution in [0.1, 0.15) is 34.6 Å². The number of para-hydroxylation sites is 2. The summed E-state index contributed by atoms with van der Waals surface area (Å²) in [6, 6.07) is 31.4. The molecule has 1 aliphatic heterocycles. The van der Waals surface area contributed by atoms with Gasteiger partial charge in [0.05, 0.1) is 18.4 Å². The Balaban J connectivity index is 1.35. The zero-order chi connectivity index (χ0) is 29.5. The Kier molecular flexibility index (Phi) is 9.07. The molecule has 1 fully saturated rings. The fourth-order valence-electron chi connectivity index (χ4n) is 5.47. The van der Waals surface area contributed by atoms with Gasteiger partial charge in [-0.1, -0.05) is 54.6 Å². The third kappa shape index (κ3) is 6.25. The molecule has 1 heterocycles. The highest BCUT2D eigenvalue weighted by atomic mass is 16.5. The standard InChI is InChI=1S/C35H38N4O3/c1-4-37(5-2)35(41)30-25-29(36-34(40)28-17-15-27(16-18-28)26-11-7-6-8-12-26)19-20-31(30)38-21-23-39(24-22-38)32-13-9-10-14-33(32)42-3/h6-20,25H,4-5,21-24H2,1-3H3,(H,36,40). The summed E-state index contributed by atoms with van der Waals surface area (Å²) in [4.78, 5) is 33.2. The van der Waals surface area contributed by atoms with Crippen molar-refractivity contribution < 1.29 is 14.3 Å². The van der Waals surface area contributed by atoms with Crippen molar-refractivity contribution in [2.45, 2.75) is 13.8 Å². The summed E-state index contributed by atoms with van der Waals surface area (Å²) in [6.45, 7) is 8.32. The van der Waals surface area contributed by atoms with Crippen molar-refractivity contribution in [3.05, 3.63) is 108 Å². The molecule has 4 aromatic carbocycles. The Bertz CT molecular complexity index is 1510. The summed E-state index contributed by atoms with van der Waals surface area (Å²) >= 11 is 0. The second-order valence-corrected chi connectivity index (χ2v) is 10.3. The largest absolute Gasteiger partial charge is 0.495 e. The van der Waals surface area contributed by atoms with Crippen molar-refractivity contribution in [1.29, 1.82) is 0 Å². The zero-order valence-electron chi connectivity index (χ0n) is 24.5. The van der Waals surface area contributed by atoms with Gasteiger partial charge in [0.1, 0.15) is 5.75 Å². The highest BCUT2D eigenvalue weighted by molar-refractivity contribution is 6.06. The van der Waals surface area contributed by atoms with Crippen LogP contribution in [0.2, 0.25) is 0 Å². The molecule has 42 heavy (non-hydrogen) atoms. The van der Waals surface area contributed by atoms with Crippen LogP contribution in [0.4, 0.5) is 17.1 Å². The fraction of sp³-hybridized carbons (Fsp3) is 0.257. The van der Waals surface area contributed by atoms with Gasteiger partial charge < -0.3 is 24.8 Å². The molecule has 7 heteroatoms. The molecule has 1 N–H and O–H groups in total. The number of hydrogen-bond acceptors (Lipinski definition) is 5. The average molecular weight is 563 g/mol. The van der Waals surface area contributed by atoms with Gasteiger partial charge in [0.25, 0.3) is 11.8 Å². The smallest absolute Gasteiger partial charge is 0.256 e. The minimum absolute atomic E-state index is 0.0366. The topological polar surface area (TPSA) is 65.1 Å². The number of methoxy groups -OCH3 is 1. The molecular weight excluding hydrogens is 524 g/mol. The number of carbonyl (C=O) groups is 2. The maximum atomic E-state index is 13.7. The molecule has 216 valence electrons. The molecule has 0 aliphatic carbocycles. The zero-order valence-corrected chi connectivity index (χ0v) is 24.5. The molecular formula is C35H38N4O3. The van der Waals surface area contributed by atoms with Crippen molar-refractivity contribution >= 4 is 28.9 Å². The minimum Gasteiger partial charge on any atom is -0.495 e. The third-order valence-corrected chi connectivity index (χ3v) is 7.84. The number of rotatable bonds is 9. The van der Waals surface area contributed by atoms with E-state index in [-0.39, 0.29) is 11.8 Å². The highest BCUT2D eigenvalue weighted by Gasteiger charge is 2.25. The van der Waals surface area contributed by atoms with Crippen LogP contribution in [0, 0.1) is 0 Å². The van der Waals surface area contributed by atoms with Gasteiger partial charge in [-0.05, 0) is 67.4 Å². The summed E-state index contributed by atoms with van der Waals surface area (Å²) in [5, 5.41) is 3.01. The molecule has 1 saturated heterocycles. The molecule has 0 radical (unpaired) electrons. The van der Waals surface area contributed by atoms with Gasteiger partial charge in [0.15, 0.2) is 0 Å². The van der Waals surface area contributed by atoms with E-state index in [2.05, 4.69) is 21.2 Å². The summed E-state index contributed by atoms with van der Waals surface area (Å²) in [7, 11) is 1.69. The van der Waals surface area contributed by atoms with E-state index in [1.54, 1.807) is 7.11 Å². The average Bonchev–Trinajstić information content (AvgIpc) is 3.05. The number of anilines is 3. The predicted octanol–water partition coefficient (Wildman–Crippen LogP) is 6.42. The van der Waals surface area contributed by atoms with Gasteiger partial charge in [0, 0.05) is 56.2 Å². The quantitative estimate of drug-likeness (QED) is 0.255. The van der Waals surface area contributed by atoms with E-state index < -0.39 is 0 Å². The van der Waals surface area contributed by atoms with E-state index in [1.807, 2.05) is 110 Å². The molecule has 7 nitrogen and oxygen atoms in total. The van der Waals surface area contributed by atoms with Crippen LogP contribution in [0.25, 0.3) is 11.1 Å². The van der Waals surface area contributed by atoms with Crippen LogP contribution < -0.4 is 19.9 Å². The van der Waals surface area contributed by atoms with Crippen LogP contribution in [0.3, 0.4) is 0 Å². The first kappa shape index (κ1) is 28.7. The van der Waals surface area contributed by atoms with Gasteiger partial charge >= 0.3 is 0 Å². The van der Waals surface area contributed by atoms with Gasteiger partial charge in [-0.2, -0.15) is 0 Å². The third-order valence-electron chi connectivity index (χ3n) is 7.84. The number of nitrogens with zero attached hydrogens (tertiary/aromatic N) is 3. The normalized spacial score (nSPS) is 13.0. The SMILES string of the molecule is CCN(CC)C(=O)c1cc(NC(=O)c2ccc(-c3ccccc3)cc2)ccc1N1CCN(c2ccccc2OC)CC1. The summed E-state index contributed by atoms with van der Waals surface area (Å²) in [5.74, 6) is 0.609. The second kappa shape index (κ2) is 13.3. The number of nitrogens with one attached hydrogen (secondary N) is 1. The summed E-state index contributed by atoms with van der Waals surface area (Å²) in [5.41, 5.74) is 5.87. The van der Waals surface area contributed by atoms with Gasteiger partial charge in [-0.25, -0.2) is 0 Å². The molecule has 0 aromatic heterocycles. The molecule has 0 bridgehead atoms. The van der Waals surface area contributed by atoms with Crippen LogP contribution in [-0.4, -0.2) is 63.1 Å². The van der Waals surface area contributed by atoms with Crippen molar-refractivity contribution in [1.82, 2.24) is 4.90 Å². The van der Waals surface area contributed by atoms with E-state index in [1.165, 1.54) is 0 Å². The number of hydrogen-bond donors (Lipinski definition) is 1. The fourth-order valence-corrected chi connectivity index (χ4v) is 5.47. The van der Waals surface area contributed by atoms with Crippen molar-refractivity contribution in [3.63, 3.8) is 0 Å². The second-order valence-electron chi connectivity index (χ2n) is 10.3.